The lowest BCUT2D eigenvalue weighted by Gasteiger charge is -2.31. The number of carboxylic acids is 1. The first-order valence-corrected chi connectivity index (χ1v) is 6.20. The summed E-state index contributed by atoms with van der Waals surface area (Å²) in [5, 5.41) is 12.5. The Hall–Kier alpha value is -0.610. The third kappa shape index (κ3) is 3.19. The molecule has 0 saturated carbocycles. The van der Waals surface area contributed by atoms with E-state index >= 15 is 0 Å². The lowest BCUT2D eigenvalue weighted by atomic mass is 9.91. The summed E-state index contributed by atoms with van der Waals surface area (Å²) in [6, 6.07) is 0. The summed E-state index contributed by atoms with van der Waals surface area (Å²) < 4.78 is 5.39. The summed E-state index contributed by atoms with van der Waals surface area (Å²) in [5.74, 6) is -0.278. The zero-order chi connectivity index (χ0) is 12.0. The third-order valence-electron chi connectivity index (χ3n) is 3.60. The van der Waals surface area contributed by atoms with Crippen molar-refractivity contribution >= 4 is 5.97 Å². The topological polar surface area (TPSA) is 58.6 Å². The van der Waals surface area contributed by atoms with Crippen LogP contribution in [0.3, 0.4) is 0 Å². The zero-order valence-corrected chi connectivity index (χ0v) is 10.3. The molecule has 16 heavy (non-hydrogen) atoms. The lowest BCUT2D eigenvalue weighted by Crippen LogP contribution is -2.53. The van der Waals surface area contributed by atoms with Gasteiger partial charge in [-0.1, -0.05) is 13.8 Å². The predicted octanol–water partition coefficient (Wildman–Crippen LogP) is 1.65. The largest absolute Gasteiger partial charge is 0.480 e. The maximum Gasteiger partial charge on any atom is 0.323 e. The molecule has 0 aliphatic carbocycles. The van der Waals surface area contributed by atoms with Crippen molar-refractivity contribution in [2.45, 2.75) is 45.1 Å². The van der Waals surface area contributed by atoms with E-state index in [0.717, 1.165) is 32.6 Å². The van der Waals surface area contributed by atoms with Crippen LogP contribution in [0.4, 0.5) is 0 Å². The van der Waals surface area contributed by atoms with Crippen molar-refractivity contribution < 1.29 is 14.6 Å². The van der Waals surface area contributed by atoms with Crippen molar-refractivity contribution in [3.8, 4) is 0 Å². The molecule has 1 aliphatic rings. The maximum atomic E-state index is 11.3. The van der Waals surface area contributed by atoms with E-state index in [-0.39, 0.29) is 0 Å². The van der Waals surface area contributed by atoms with E-state index in [1.807, 2.05) is 13.8 Å². The quantitative estimate of drug-likeness (QED) is 0.727. The Labute approximate surface area is 97.4 Å². The number of nitrogens with one attached hydrogen (secondary N) is 1. The SMILES string of the molecule is CCC(CC)(NCC1CCCOC1)C(=O)O. The summed E-state index contributed by atoms with van der Waals surface area (Å²) in [7, 11) is 0. The van der Waals surface area contributed by atoms with Crippen molar-refractivity contribution in [1.82, 2.24) is 5.32 Å². The van der Waals surface area contributed by atoms with Gasteiger partial charge in [-0.15, -0.1) is 0 Å². The highest BCUT2D eigenvalue weighted by Crippen LogP contribution is 2.18. The summed E-state index contributed by atoms with van der Waals surface area (Å²) in [6.45, 7) is 6.19. The molecule has 4 nitrogen and oxygen atoms in total. The van der Waals surface area contributed by atoms with Crippen LogP contribution in [0.15, 0.2) is 0 Å². The van der Waals surface area contributed by atoms with Crippen molar-refractivity contribution in [2.75, 3.05) is 19.8 Å². The minimum absolute atomic E-state index is 0.463. The minimum Gasteiger partial charge on any atom is -0.480 e. The van der Waals surface area contributed by atoms with E-state index in [1.54, 1.807) is 0 Å². The van der Waals surface area contributed by atoms with Crippen LogP contribution in [-0.2, 0) is 9.53 Å². The molecule has 1 saturated heterocycles. The molecule has 1 unspecified atom stereocenters. The van der Waals surface area contributed by atoms with Gasteiger partial charge in [-0.25, -0.2) is 0 Å². The molecule has 2 N–H and O–H groups in total. The predicted molar refractivity (Wildman–Crippen MR) is 62.5 cm³/mol. The standard InChI is InChI=1S/C12H23NO3/c1-3-12(4-2,11(14)15)13-8-10-6-5-7-16-9-10/h10,13H,3-9H2,1-2H3,(H,14,15). The lowest BCUT2D eigenvalue weighted by molar-refractivity contribution is -0.145. The van der Waals surface area contributed by atoms with Gasteiger partial charge in [-0.3, -0.25) is 4.79 Å². The molecule has 94 valence electrons. The van der Waals surface area contributed by atoms with Gasteiger partial charge in [0.1, 0.15) is 5.54 Å². The fraction of sp³-hybridized carbons (Fsp3) is 0.917. The van der Waals surface area contributed by atoms with E-state index < -0.39 is 11.5 Å². The van der Waals surface area contributed by atoms with E-state index in [0.29, 0.717) is 18.8 Å². The molecule has 1 rings (SSSR count). The molecule has 1 fully saturated rings. The van der Waals surface area contributed by atoms with Crippen molar-refractivity contribution in [1.29, 1.82) is 0 Å². The number of carboxylic acid groups (broad SMARTS) is 1. The monoisotopic (exact) mass is 229 g/mol. The van der Waals surface area contributed by atoms with Gasteiger partial charge in [0.2, 0.25) is 0 Å². The van der Waals surface area contributed by atoms with Crippen molar-refractivity contribution in [2.24, 2.45) is 5.92 Å². The van der Waals surface area contributed by atoms with Gasteiger partial charge < -0.3 is 15.2 Å². The fourth-order valence-electron chi connectivity index (χ4n) is 2.19. The first-order valence-electron chi connectivity index (χ1n) is 6.20. The molecule has 0 amide bonds. The van der Waals surface area contributed by atoms with Crippen LogP contribution in [0, 0.1) is 5.92 Å². The molecular formula is C12H23NO3. The Morgan fingerprint density at radius 3 is 2.62 bits per heavy atom. The molecule has 1 heterocycles. The molecule has 1 atom stereocenters. The van der Waals surface area contributed by atoms with Crippen LogP contribution < -0.4 is 5.32 Å². The second-order valence-electron chi connectivity index (χ2n) is 4.56. The summed E-state index contributed by atoms with van der Waals surface area (Å²) in [6.07, 6.45) is 3.46. The summed E-state index contributed by atoms with van der Waals surface area (Å²) in [4.78, 5) is 11.3. The summed E-state index contributed by atoms with van der Waals surface area (Å²) >= 11 is 0. The molecule has 0 radical (unpaired) electrons. The molecular weight excluding hydrogens is 206 g/mol. The van der Waals surface area contributed by atoms with Crippen LogP contribution in [0.1, 0.15) is 39.5 Å². The van der Waals surface area contributed by atoms with Crippen LogP contribution in [0.25, 0.3) is 0 Å². The van der Waals surface area contributed by atoms with Crippen LogP contribution >= 0.6 is 0 Å². The van der Waals surface area contributed by atoms with E-state index in [9.17, 15) is 9.90 Å². The number of ether oxygens (including phenoxy) is 1. The van der Waals surface area contributed by atoms with Gasteiger partial charge >= 0.3 is 5.97 Å². The van der Waals surface area contributed by atoms with Crippen LogP contribution in [0.5, 0.6) is 0 Å². The molecule has 0 aromatic heterocycles. The Bertz CT molecular complexity index is 220. The highest BCUT2D eigenvalue weighted by atomic mass is 16.5. The number of carbonyl (C=O) groups is 1. The normalized spacial score (nSPS) is 22.0. The molecule has 4 heteroatoms. The van der Waals surface area contributed by atoms with Gasteiger partial charge in [0, 0.05) is 13.2 Å². The van der Waals surface area contributed by atoms with Crippen LogP contribution in [0.2, 0.25) is 0 Å². The highest BCUT2D eigenvalue weighted by Gasteiger charge is 2.34. The van der Waals surface area contributed by atoms with Gasteiger partial charge in [0.05, 0.1) is 6.61 Å². The first-order chi connectivity index (χ1) is 7.64. The molecule has 0 bridgehead atoms. The van der Waals surface area contributed by atoms with Gasteiger partial charge in [0.25, 0.3) is 0 Å². The first kappa shape index (κ1) is 13.5. The Kier molecular flexibility index (Phi) is 5.22. The van der Waals surface area contributed by atoms with E-state index in [4.69, 9.17) is 4.74 Å². The van der Waals surface area contributed by atoms with Gasteiger partial charge in [-0.2, -0.15) is 0 Å². The van der Waals surface area contributed by atoms with E-state index in [2.05, 4.69) is 5.32 Å². The smallest absolute Gasteiger partial charge is 0.323 e. The molecule has 0 spiro atoms. The number of aliphatic carboxylic acids is 1. The molecule has 0 aromatic rings. The maximum absolute atomic E-state index is 11.3. The second kappa shape index (κ2) is 6.21. The van der Waals surface area contributed by atoms with Crippen molar-refractivity contribution in [3.63, 3.8) is 0 Å². The van der Waals surface area contributed by atoms with Crippen LogP contribution in [-0.4, -0.2) is 36.4 Å². The van der Waals surface area contributed by atoms with Gasteiger partial charge in [0.15, 0.2) is 0 Å². The van der Waals surface area contributed by atoms with Gasteiger partial charge in [-0.05, 0) is 31.6 Å². The van der Waals surface area contributed by atoms with Crippen molar-refractivity contribution in [3.05, 3.63) is 0 Å². The zero-order valence-electron chi connectivity index (χ0n) is 10.3. The Morgan fingerprint density at radius 1 is 1.50 bits per heavy atom. The third-order valence-corrected chi connectivity index (χ3v) is 3.60. The molecule has 1 aliphatic heterocycles. The second-order valence-corrected chi connectivity index (χ2v) is 4.56. The number of hydrogen-bond acceptors (Lipinski definition) is 3. The Balaban J connectivity index is 2.45. The van der Waals surface area contributed by atoms with E-state index in [1.165, 1.54) is 0 Å². The Morgan fingerprint density at radius 2 is 2.19 bits per heavy atom. The average molecular weight is 229 g/mol. The average Bonchev–Trinajstić information content (AvgIpc) is 2.32. The highest BCUT2D eigenvalue weighted by molar-refractivity contribution is 5.78. The summed E-state index contributed by atoms with van der Waals surface area (Å²) in [5.41, 5.74) is -0.753. The molecule has 0 aromatic carbocycles. The fourth-order valence-corrected chi connectivity index (χ4v) is 2.19. The number of hydrogen-bond donors (Lipinski definition) is 2. The minimum atomic E-state index is -0.753. The number of rotatable bonds is 6.